The van der Waals surface area contributed by atoms with Gasteiger partial charge in [0.15, 0.2) is 5.82 Å². The Hall–Kier alpha value is -1.78. The fourth-order valence-corrected chi connectivity index (χ4v) is 1.70. The van der Waals surface area contributed by atoms with Crippen LogP contribution in [0, 0.1) is 12.7 Å². The molecule has 0 bridgehead atoms. The van der Waals surface area contributed by atoms with E-state index in [2.05, 4.69) is 10.3 Å². The highest BCUT2D eigenvalue weighted by molar-refractivity contribution is 5.92. The summed E-state index contributed by atoms with van der Waals surface area (Å²) in [7, 11) is 1.60. The zero-order chi connectivity index (χ0) is 12.6. The van der Waals surface area contributed by atoms with Crippen molar-refractivity contribution in [2.45, 2.75) is 13.3 Å². The van der Waals surface area contributed by atoms with E-state index >= 15 is 0 Å². The van der Waals surface area contributed by atoms with Crippen LogP contribution < -0.4 is 5.32 Å². The van der Waals surface area contributed by atoms with Crippen LogP contribution in [0.2, 0.25) is 0 Å². The number of alkyl halides is 2. The molecule has 1 aromatic heterocycles. The van der Waals surface area contributed by atoms with E-state index in [0.717, 1.165) is 0 Å². The van der Waals surface area contributed by atoms with Crippen molar-refractivity contribution in [3.05, 3.63) is 35.3 Å². The fourth-order valence-electron chi connectivity index (χ4n) is 1.70. The molecular formula is C12H11F3N2. The molecule has 0 amide bonds. The van der Waals surface area contributed by atoms with Crippen molar-refractivity contribution in [1.29, 1.82) is 0 Å². The minimum Gasteiger partial charge on any atom is -0.388 e. The largest absolute Gasteiger partial charge is 0.388 e. The van der Waals surface area contributed by atoms with E-state index in [0.29, 0.717) is 16.6 Å². The average Bonchev–Trinajstić information content (AvgIpc) is 2.32. The van der Waals surface area contributed by atoms with Gasteiger partial charge in [-0.15, -0.1) is 0 Å². The third-order valence-corrected chi connectivity index (χ3v) is 2.63. The Labute approximate surface area is 96.5 Å². The molecule has 5 heteroatoms. The lowest BCUT2D eigenvalue weighted by molar-refractivity contribution is 0.146. The third-order valence-electron chi connectivity index (χ3n) is 2.63. The monoisotopic (exact) mass is 240 g/mol. The fraction of sp³-hybridized carbons (Fsp3) is 0.250. The van der Waals surface area contributed by atoms with E-state index < -0.39 is 17.9 Å². The maximum Gasteiger partial charge on any atom is 0.280 e. The average molecular weight is 240 g/mol. The zero-order valence-electron chi connectivity index (χ0n) is 9.39. The lowest BCUT2D eigenvalue weighted by Crippen LogP contribution is -1.99. The van der Waals surface area contributed by atoms with Crippen LogP contribution in [0.3, 0.4) is 0 Å². The number of pyridine rings is 1. The number of benzene rings is 1. The molecule has 0 saturated carbocycles. The van der Waals surface area contributed by atoms with Gasteiger partial charge in [0.2, 0.25) is 0 Å². The molecule has 0 saturated heterocycles. The lowest BCUT2D eigenvalue weighted by atomic mass is 10.1. The van der Waals surface area contributed by atoms with E-state index in [1.54, 1.807) is 26.1 Å². The second-order valence-electron chi connectivity index (χ2n) is 3.74. The molecule has 2 nitrogen and oxygen atoms in total. The van der Waals surface area contributed by atoms with Gasteiger partial charge in [0.1, 0.15) is 11.2 Å². The molecule has 0 aliphatic rings. The van der Waals surface area contributed by atoms with E-state index in [9.17, 15) is 13.2 Å². The van der Waals surface area contributed by atoms with Gasteiger partial charge in [-0.25, -0.2) is 18.2 Å². The Balaban J connectivity index is 2.83. The van der Waals surface area contributed by atoms with Crippen molar-refractivity contribution in [3.63, 3.8) is 0 Å². The molecule has 1 N–H and O–H groups in total. The molecule has 1 aromatic carbocycles. The predicted molar refractivity (Wildman–Crippen MR) is 60.9 cm³/mol. The normalized spacial score (nSPS) is 11.2. The molecule has 0 radical (unpaired) electrons. The van der Waals surface area contributed by atoms with Crippen LogP contribution in [0.5, 0.6) is 0 Å². The summed E-state index contributed by atoms with van der Waals surface area (Å²) in [6, 6.07) is 4.51. The summed E-state index contributed by atoms with van der Waals surface area (Å²) in [5, 5.41) is 3.27. The van der Waals surface area contributed by atoms with E-state index in [4.69, 9.17) is 0 Å². The maximum atomic E-state index is 13.8. The third kappa shape index (κ3) is 1.92. The Morgan fingerprint density at radius 3 is 2.59 bits per heavy atom. The zero-order valence-corrected chi connectivity index (χ0v) is 9.39. The van der Waals surface area contributed by atoms with Crippen molar-refractivity contribution in [2.75, 3.05) is 12.4 Å². The number of hydrogen-bond donors (Lipinski definition) is 1. The minimum absolute atomic E-state index is 0.0212. The van der Waals surface area contributed by atoms with E-state index in [-0.39, 0.29) is 5.52 Å². The molecule has 90 valence electrons. The van der Waals surface area contributed by atoms with Gasteiger partial charge in [0.05, 0.1) is 0 Å². The molecular weight excluding hydrogens is 229 g/mol. The van der Waals surface area contributed by atoms with Crippen molar-refractivity contribution in [1.82, 2.24) is 4.98 Å². The van der Waals surface area contributed by atoms with Crippen molar-refractivity contribution in [2.24, 2.45) is 0 Å². The summed E-state index contributed by atoms with van der Waals surface area (Å²) < 4.78 is 39.1. The molecule has 0 unspecified atom stereocenters. The smallest absolute Gasteiger partial charge is 0.280 e. The number of nitrogens with one attached hydrogen (secondary N) is 1. The molecule has 0 aliphatic carbocycles. The lowest BCUT2D eigenvalue weighted by Gasteiger charge is -2.10. The van der Waals surface area contributed by atoms with Crippen molar-refractivity contribution < 1.29 is 13.2 Å². The molecule has 17 heavy (non-hydrogen) atoms. The second kappa shape index (κ2) is 4.24. The first-order valence-electron chi connectivity index (χ1n) is 5.10. The number of rotatable bonds is 2. The molecule has 0 aliphatic heterocycles. The van der Waals surface area contributed by atoms with Crippen molar-refractivity contribution >= 4 is 16.6 Å². The summed E-state index contributed by atoms with van der Waals surface area (Å²) in [5.41, 5.74) is 0.390. The van der Waals surface area contributed by atoms with Gasteiger partial charge in [-0.2, -0.15) is 0 Å². The Morgan fingerprint density at radius 2 is 2.00 bits per heavy atom. The SMILES string of the molecule is CNc1cc(C(F)F)nc2c(F)c(C)ccc12. The maximum absolute atomic E-state index is 13.8. The molecule has 0 spiro atoms. The van der Waals surface area contributed by atoms with Crippen LogP contribution in [-0.4, -0.2) is 12.0 Å². The van der Waals surface area contributed by atoms with Crippen LogP contribution in [0.4, 0.5) is 18.9 Å². The van der Waals surface area contributed by atoms with E-state index in [1.807, 2.05) is 0 Å². The van der Waals surface area contributed by atoms with Crippen LogP contribution >= 0.6 is 0 Å². The number of aryl methyl sites for hydroxylation is 1. The van der Waals surface area contributed by atoms with Gasteiger partial charge in [0, 0.05) is 18.1 Å². The Morgan fingerprint density at radius 1 is 1.29 bits per heavy atom. The molecule has 2 rings (SSSR count). The summed E-state index contributed by atoms with van der Waals surface area (Å²) in [4.78, 5) is 3.68. The number of anilines is 1. The number of hydrogen-bond acceptors (Lipinski definition) is 2. The van der Waals surface area contributed by atoms with Gasteiger partial charge in [0.25, 0.3) is 6.43 Å². The molecule has 2 aromatic rings. The van der Waals surface area contributed by atoms with Gasteiger partial charge in [-0.1, -0.05) is 12.1 Å². The molecule has 0 atom stereocenters. The first-order valence-corrected chi connectivity index (χ1v) is 5.10. The van der Waals surface area contributed by atoms with Gasteiger partial charge in [-0.3, -0.25) is 0 Å². The Bertz CT molecular complexity index is 567. The number of fused-ring (bicyclic) bond motifs is 1. The predicted octanol–water partition coefficient (Wildman–Crippen LogP) is 3.66. The van der Waals surface area contributed by atoms with Crippen LogP contribution in [0.1, 0.15) is 17.7 Å². The quantitative estimate of drug-likeness (QED) is 0.866. The topological polar surface area (TPSA) is 24.9 Å². The number of nitrogens with zero attached hydrogens (tertiary/aromatic N) is 1. The highest BCUT2D eigenvalue weighted by Gasteiger charge is 2.15. The Kier molecular flexibility index (Phi) is 2.92. The first-order chi connectivity index (χ1) is 8.04. The van der Waals surface area contributed by atoms with Gasteiger partial charge in [-0.05, 0) is 18.6 Å². The van der Waals surface area contributed by atoms with Crippen LogP contribution in [-0.2, 0) is 0 Å². The summed E-state index contributed by atoms with van der Waals surface area (Å²) in [5.74, 6) is -0.554. The van der Waals surface area contributed by atoms with Gasteiger partial charge < -0.3 is 5.32 Å². The second-order valence-corrected chi connectivity index (χ2v) is 3.74. The first kappa shape index (κ1) is 11.7. The minimum atomic E-state index is -2.72. The highest BCUT2D eigenvalue weighted by atomic mass is 19.3. The van der Waals surface area contributed by atoms with Crippen LogP contribution in [0.15, 0.2) is 18.2 Å². The van der Waals surface area contributed by atoms with E-state index in [1.165, 1.54) is 6.07 Å². The highest BCUT2D eigenvalue weighted by Crippen LogP contribution is 2.29. The standard InChI is InChI=1S/C12H11F3N2/c1-6-3-4-7-8(16-2)5-9(12(14)15)17-11(7)10(6)13/h3-5,12H,1-2H3,(H,16,17). The van der Waals surface area contributed by atoms with Crippen molar-refractivity contribution in [3.8, 4) is 0 Å². The number of aromatic nitrogens is 1. The summed E-state index contributed by atoms with van der Waals surface area (Å²) in [6.45, 7) is 1.57. The number of halogens is 3. The molecule has 0 fully saturated rings. The summed E-state index contributed by atoms with van der Waals surface area (Å²) >= 11 is 0. The van der Waals surface area contributed by atoms with Crippen LogP contribution in [0.25, 0.3) is 10.9 Å². The molecule has 1 heterocycles. The summed E-state index contributed by atoms with van der Waals surface area (Å²) in [6.07, 6.45) is -2.72. The van der Waals surface area contributed by atoms with Gasteiger partial charge >= 0.3 is 0 Å².